The SMILES string of the molecule is O=C(Nc1nc(CCl)cs1)c1cccc(Oc2ccccc2)c1. The van der Waals surface area contributed by atoms with Crippen LogP contribution in [0.1, 0.15) is 16.1 Å². The number of aromatic nitrogens is 1. The summed E-state index contributed by atoms with van der Waals surface area (Å²) in [6, 6.07) is 16.4. The Morgan fingerprint density at radius 2 is 1.91 bits per heavy atom. The number of benzene rings is 2. The third kappa shape index (κ3) is 4.09. The number of hydrogen-bond donors (Lipinski definition) is 1. The Morgan fingerprint density at radius 3 is 2.65 bits per heavy atom. The van der Waals surface area contributed by atoms with Gasteiger partial charge in [-0.1, -0.05) is 24.3 Å². The van der Waals surface area contributed by atoms with Gasteiger partial charge in [-0.05, 0) is 30.3 Å². The van der Waals surface area contributed by atoms with Gasteiger partial charge in [-0.3, -0.25) is 10.1 Å². The third-order valence-corrected chi connectivity index (χ3v) is 4.06. The molecule has 0 saturated carbocycles. The molecule has 1 aromatic heterocycles. The summed E-state index contributed by atoms with van der Waals surface area (Å²) in [7, 11) is 0. The fourth-order valence-electron chi connectivity index (χ4n) is 1.92. The first kappa shape index (κ1) is 15.5. The number of ether oxygens (including phenoxy) is 1. The predicted molar refractivity (Wildman–Crippen MR) is 92.6 cm³/mol. The lowest BCUT2D eigenvalue weighted by Crippen LogP contribution is -2.11. The van der Waals surface area contributed by atoms with Crippen LogP contribution < -0.4 is 10.1 Å². The molecule has 0 aliphatic carbocycles. The van der Waals surface area contributed by atoms with Crippen LogP contribution in [-0.2, 0) is 5.88 Å². The van der Waals surface area contributed by atoms with E-state index in [-0.39, 0.29) is 5.91 Å². The van der Waals surface area contributed by atoms with Crippen LogP contribution in [0, 0.1) is 0 Å². The number of carbonyl (C=O) groups excluding carboxylic acids is 1. The van der Waals surface area contributed by atoms with E-state index in [2.05, 4.69) is 10.3 Å². The molecule has 0 aliphatic rings. The summed E-state index contributed by atoms with van der Waals surface area (Å²) in [5.41, 5.74) is 1.24. The second-order valence-electron chi connectivity index (χ2n) is 4.67. The van der Waals surface area contributed by atoms with Gasteiger partial charge in [0, 0.05) is 10.9 Å². The summed E-state index contributed by atoms with van der Waals surface area (Å²) in [4.78, 5) is 16.5. The number of halogens is 1. The zero-order valence-electron chi connectivity index (χ0n) is 12.0. The van der Waals surface area contributed by atoms with Crippen molar-refractivity contribution in [2.75, 3.05) is 5.32 Å². The molecule has 0 bridgehead atoms. The predicted octanol–water partition coefficient (Wildman–Crippen LogP) is 4.93. The topological polar surface area (TPSA) is 51.2 Å². The molecule has 0 radical (unpaired) electrons. The smallest absolute Gasteiger partial charge is 0.257 e. The molecule has 3 rings (SSSR count). The first-order chi connectivity index (χ1) is 11.2. The molecule has 116 valence electrons. The lowest BCUT2D eigenvalue weighted by atomic mass is 10.2. The molecule has 0 spiro atoms. The lowest BCUT2D eigenvalue weighted by Gasteiger charge is -2.07. The third-order valence-electron chi connectivity index (χ3n) is 2.98. The molecule has 6 heteroatoms. The van der Waals surface area contributed by atoms with Crippen LogP contribution in [0.15, 0.2) is 60.0 Å². The van der Waals surface area contributed by atoms with Crippen molar-refractivity contribution in [2.24, 2.45) is 0 Å². The van der Waals surface area contributed by atoms with Crippen molar-refractivity contribution in [1.82, 2.24) is 4.98 Å². The van der Waals surface area contributed by atoms with Gasteiger partial charge in [0.15, 0.2) is 5.13 Å². The summed E-state index contributed by atoms with van der Waals surface area (Å²) in [5, 5.41) is 5.10. The van der Waals surface area contributed by atoms with E-state index in [4.69, 9.17) is 16.3 Å². The molecule has 0 unspecified atom stereocenters. The van der Waals surface area contributed by atoms with Crippen molar-refractivity contribution >= 4 is 34.0 Å². The van der Waals surface area contributed by atoms with E-state index in [1.807, 2.05) is 35.7 Å². The van der Waals surface area contributed by atoms with Crippen molar-refractivity contribution in [3.05, 3.63) is 71.2 Å². The Bertz CT molecular complexity index is 805. The van der Waals surface area contributed by atoms with Gasteiger partial charge in [-0.25, -0.2) is 4.98 Å². The van der Waals surface area contributed by atoms with Crippen LogP contribution >= 0.6 is 22.9 Å². The molecule has 1 heterocycles. The molecule has 1 N–H and O–H groups in total. The van der Waals surface area contributed by atoms with E-state index in [1.54, 1.807) is 24.3 Å². The van der Waals surface area contributed by atoms with Crippen LogP contribution in [0.25, 0.3) is 0 Å². The number of anilines is 1. The van der Waals surface area contributed by atoms with Crippen molar-refractivity contribution in [3.8, 4) is 11.5 Å². The van der Waals surface area contributed by atoms with Crippen LogP contribution in [0.4, 0.5) is 5.13 Å². The number of para-hydroxylation sites is 1. The second-order valence-corrected chi connectivity index (χ2v) is 5.80. The Kier molecular flexibility index (Phi) is 4.90. The van der Waals surface area contributed by atoms with Gasteiger partial charge in [-0.15, -0.1) is 22.9 Å². The average molecular weight is 345 g/mol. The molecule has 23 heavy (non-hydrogen) atoms. The first-order valence-electron chi connectivity index (χ1n) is 6.89. The standard InChI is InChI=1S/C17H13ClN2O2S/c18-10-13-11-23-17(19-13)20-16(21)12-5-4-8-15(9-12)22-14-6-2-1-3-7-14/h1-9,11H,10H2,(H,19,20,21). The molecule has 3 aromatic rings. The van der Waals surface area contributed by atoms with Gasteiger partial charge in [0.05, 0.1) is 11.6 Å². The first-order valence-corrected chi connectivity index (χ1v) is 8.31. The van der Waals surface area contributed by atoms with E-state index < -0.39 is 0 Å². The minimum absolute atomic E-state index is 0.237. The van der Waals surface area contributed by atoms with E-state index >= 15 is 0 Å². The summed E-state index contributed by atoms with van der Waals surface area (Å²) in [5.74, 6) is 1.41. The maximum Gasteiger partial charge on any atom is 0.257 e. The average Bonchev–Trinajstić information content (AvgIpc) is 3.03. The van der Waals surface area contributed by atoms with Gasteiger partial charge in [-0.2, -0.15) is 0 Å². The lowest BCUT2D eigenvalue weighted by molar-refractivity contribution is 0.102. The highest BCUT2D eigenvalue weighted by molar-refractivity contribution is 7.14. The van der Waals surface area contributed by atoms with Crippen molar-refractivity contribution in [2.45, 2.75) is 5.88 Å². The fraction of sp³-hybridized carbons (Fsp3) is 0.0588. The Balaban J connectivity index is 1.72. The molecular weight excluding hydrogens is 332 g/mol. The van der Waals surface area contributed by atoms with Crippen LogP contribution in [0.3, 0.4) is 0 Å². The Hall–Kier alpha value is -2.37. The van der Waals surface area contributed by atoms with Crippen LogP contribution in [-0.4, -0.2) is 10.9 Å². The van der Waals surface area contributed by atoms with Gasteiger partial charge in [0.1, 0.15) is 11.5 Å². The normalized spacial score (nSPS) is 10.3. The van der Waals surface area contributed by atoms with Crippen molar-refractivity contribution < 1.29 is 9.53 Å². The molecule has 4 nitrogen and oxygen atoms in total. The second kappa shape index (κ2) is 7.26. The van der Waals surface area contributed by atoms with E-state index in [0.29, 0.717) is 22.3 Å². The number of nitrogens with zero attached hydrogens (tertiary/aromatic N) is 1. The zero-order chi connectivity index (χ0) is 16.1. The number of rotatable bonds is 5. The molecule has 2 aromatic carbocycles. The number of carbonyl (C=O) groups is 1. The molecular formula is C17H13ClN2O2S. The minimum atomic E-state index is -0.237. The summed E-state index contributed by atoms with van der Waals surface area (Å²) in [6.07, 6.45) is 0. The highest BCUT2D eigenvalue weighted by Crippen LogP contribution is 2.23. The summed E-state index contributed by atoms with van der Waals surface area (Å²) < 4.78 is 5.73. The van der Waals surface area contributed by atoms with E-state index in [1.165, 1.54) is 11.3 Å². The van der Waals surface area contributed by atoms with E-state index in [9.17, 15) is 4.79 Å². The van der Waals surface area contributed by atoms with Gasteiger partial charge in [0.25, 0.3) is 5.91 Å². The van der Waals surface area contributed by atoms with E-state index in [0.717, 1.165) is 11.4 Å². The largest absolute Gasteiger partial charge is 0.457 e. The molecule has 0 atom stereocenters. The number of amides is 1. The molecule has 1 amide bonds. The quantitative estimate of drug-likeness (QED) is 0.668. The van der Waals surface area contributed by atoms with Crippen molar-refractivity contribution in [3.63, 3.8) is 0 Å². The Labute approximate surface area is 142 Å². The number of alkyl halides is 1. The molecule has 0 saturated heterocycles. The number of nitrogens with one attached hydrogen (secondary N) is 1. The number of thiazole rings is 1. The molecule has 0 fully saturated rings. The minimum Gasteiger partial charge on any atom is -0.457 e. The van der Waals surface area contributed by atoms with Gasteiger partial charge < -0.3 is 4.74 Å². The maximum absolute atomic E-state index is 12.3. The summed E-state index contributed by atoms with van der Waals surface area (Å²) in [6.45, 7) is 0. The highest BCUT2D eigenvalue weighted by Gasteiger charge is 2.10. The Morgan fingerprint density at radius 1 is 1.13 bits per heavy atom. The molecule has 0 aliphatic heterocycles. The highest BCUT2D eigenvalue weighted by atomic mass is 35.5. The van der Waals surface area contributed by atoms with Crippen LogP contribution in [0.5, 0.6) is 11.5 Å². The fourth-order valence-corrected chi connectivity index (χ4v) is 2.85. The van der Waals surface area contributed by atoms with Gasteiger partial charge in [0.2, 0.25) is 0 Å². The number of hydrogen-bond acceptors (Lipinski definition) is 4. The zero-order valence-corrected chi connectivity index (χ0v) is 13.6. The van der Waals surface area contributed by atoms with Gasteiger partial charge >= 0.3 is 0 Å². The van der Waals surface area contributed by atoms with Crippen LogP contribution in [0.2, 0.25) is 0 Å². The monoisotopic (exact) mass is 344 g/mol. The maximum atomic E-state index is 12.3. The summed E-state index contributed by atoms with van der Waals surface area (Å²) >= 11 is 7.05. The van der Waals surface area contributed by atoms with Crippen molar-refractivity contribution in [1.29, 1.82) is 0 Å².